The highest BCUT2D eigenvalue weighted by Gasteiger charge is 2.28. The number of halogens is 1. The summed E-state index contributed by atoms with van der Waals surface area (Å²) in [7, 11) is 0. The molecule has 1 aliphatic rings. The van der Waals surface area contributed by atoms with E-state index in [4.69, 9.17) is 17.4 Å². The third kappa shape index (κ3) is 2.69. The first kappa shape index (κ1) is 13.1. The van der Waals surface area contributed by atoms with E-state index in [2.05, 4.69) is 20.7 Å². The monoisotopic (exact) mass is 289 g/mol. The van der Waals surface area contributed by atoms with E-state index < -0.39 is 0 Å². The van der Waals surface area contributed by atoms with Gasteiger partial charge in [0.05, 0.1) is 0 Å². The maximum Gasteiger partial charge on any atom is 0.148 e. The van der Waals surface area contributed by atoms with Crippen LogP contribution >= 0.6 is 11.6 Å². The molecule has 1 fully saturated rings. The van der Waals surface area contributed by atoms with Crippen molar-refractivity contribution in [2.45, 2.75) is 25.7 Å². The van der Waals surface area contributed by atoms with E-state index in [1.54, 1.807) is 0 Å². The Labute approximate surface area is 122 Å². The van der Waals surface area contributed by atoms with Crippen LogP contribution in [0.25, 0.3) is 0 Å². The van der Waals surface area contributed by atoms with Gasteiger partial charge in [-0.15, -0.1) is 0 Å². The van der Waals surface area contributed by atoms with Crippen LogP contribution in [-0.4, -0.2) is 9.97 Å². The summed E-state index contributed by atoms with van der Waals surface area (Å²) >= 11 is 6.00. The average molecular weight is 290 g/mol. The van der Waals surface area contributed by atoms with Crippen LogP contribution in [0.3, 0.4) is 0 Å². The summed E-state index contributed by atoms with van der Waals surface area (Å²) in [6.07, 6.45) is 2.29. The number of nitrogens with two attached hydrogens (primary N) is 1. The number of nitrogens with zero attached hydrogens (tertiary/aromatic N) is 2. The van der Waals surface area contributed by atoms with Gasteiger partial charge in [-0.1, -0.05) is 17.7 Å². The molecular weight excluding hydrogens is 274 g/mol. The molecule has 2 aromatic rings. The molecule has 0 aliphatic heterocycles. The highest BCUT2D eigenvalue weighted by atomic mass is 35.5. The number of hydrogen-bond donors (Lipinski definition) is 3. The number of aromatic nitrogens is 2. The Hall–Kier alpha value is -1.85. The van der Waals surface area contributed by atoms with Crippen molar-refractivity contribution >= 4 is 28.9 Å². The molecule has 0 atom stereocenters. The topological polar surface area (TPSA) is 75.9 Å². The molecule has 0 spiro atoms. The molecule has 104 valence electrons. The molecule has 0 radical (unpaired) electrons. The number of nitrogens with one attached hydrogen (secondary N) is 2. The average Bonchev–Trinajstić information content (AvgIpc) is 3.25. The molecule has 0 unspecified atom stereocenters. The zero-order chi connectivity index (χ0) is 14.1. The number of hydrazine groups is 1. The summed E-state index contributed by atoms with van der Waals surface area (Å²) < 4.78 is 0. The Balaban J connectivity index is 1.97. The lowest BCUT2D eigenvalue weighted by Gasteiger charge is -2.13. The Kier molecular flexibility index (Phi) is 3.46. The third-order valence-corrected chi connectivity index (χ3v) is 3.56. The van der Waals surface area contributed by atoms with Crippen molar-refractivity contribution < 1.29 is 0 Å². The minimum atomic E-state index is 0.461. The van der Waals surface area contributed by atoms with Crippen LogP contribution in [0.5, 0.6) is 0 Å². The largest absolute Gasteiger partial charge is 0.340 e. The molecule has 6 heteroatoms. The molecule has 4 N–H and O–H groups in total. The molecule has 1 aromatic heterocycles. The Bertz CT molecular complexity index is 639. The second-order valence-electron chi connectivity index (χ2n) is 4.96. The lowest BCUT2D eigenvalue weighted by molar-refractivity contribution is 0.920. The van der Waals surface area contributed by atoms with Gasteiger partial charge in [0.2, 0.25) is 0 Å². The van der Waals surface area contributed by atoms with Gasteiger partial charge in [-0.3, -0.25) is 0 Å². The smallest absolute Gasteiger partial charge is 0.148 e. The Morgan fingerprint density at radius 2 is 2.00 bits per heavy atom. The predicted octanol–water partition coefficient (Wildman–Crippen LogP) is 3.35. The van der Waals surface area contributed by atoms with Crippen LogP contribution in [0.1, 0.15) is 30.1 Å². The van der Waals surface area contributed by atoms with Gasteiger partial charge in [-0.05, 0) is 38.0 Å². The van der Waals surface area contributed by atoms with Gasteiger partial charge < -0.3 is 10.7 Å². The summed E-state index contributed by atoms with van der Waals surface area (Å²) in [5.41, 5.74) is 4.42. The molecule has 20 heavy (non-hydrogen) atoms. The maximum absolute atomic E-state index is 6.00. The van der Waals surface area contributed by atoms with Crippen LogP contribution in [0.4, 0.5) is 17.3 Å². The second-order valence-corrected chi connectivity index (χ2v) is 5.39. The van der Waals surface area contributed by atoms with Crippen molar-refractivity contribution in [1.29, 1.82) is 0 Å². The van der Waals surface area contributed by atoms with Crippen LogP contribution < -0.4 is 16.6 Å². The van der Waals surface area contributed by atoms with Crippen molar-refractivity contribution in [2.24, 2.45) is 5.84 Å². The normalized spacial score (nSPS) is 14.2. The van der Waals surface area contributed by atoms with Crippen molar-refractivity contribution in [1.82, 2.24) is 9.97 Å². The van der Waals surface area contributed by atoms with E-state index >= 15 is 0 Å². The minimum Gasteiger partial charge on any atom is -0.340 e. The van der Waals surface area contributed by atoms with E-state index in [0.29, 0.717) is 16.8 Å². The molecule has 1 aromatic carbocycles. The van der Waals surface area contributed by atoms with Crippen molar-refractivity contribution in [3.8, 4) is 0 Å². The molecule has 0 amide bonds. The fraction of sp³-hybridized carbons (Fsp3) is 0.286. The SMILES string of the molecule is Cc1c(NN)nc(C2CC2)nc1Nc1cccc(Cl)c1. The fourth-order valence-electron chi connectivity index (χ4n) is 2.02. The van der Waals surface area contributed by atoms with Gasteiger partial charge in [0.25, 0.3) is 0 Å². The zero-order valence-corrected chi connectivity index (χ0v) is 11.9. The zero-order valence-electron chi connectivity index (χ0n) is 11.2. The molecule has 0 bridgehead atoms. The van der Waals surface area contributed by atoms with E-state index in [1.165, 1.54) is 0 Å². The van der Waals surface area contributed by atoms with Crippen LogP contribution in [-0.2, 0) is 0 Å². The Morgan fingerprint density at radius 3 is 2.65 bits per heavy atom. The number of benzene rings is 1. The summed E-state index contributed by atoms with van der Waals surface area (Å²) in [5, 5.41) is 3.96. The lowest BCUT2D eigenvalue weighted by atomic mass is 10.2. The van der Waals surface area contributed by atoms with Crippen LogP contribution in [0.2, 0.25) is 5.02 Å². The molecule has 3 rings (SSSR count). The van der Waals surface area contributed by atoms with Gasteiger partial charge in [0, 0.05) is 22.2 Å². The standard InChI is InChI=1S/C14H16ClN5/c1-8-12(17-11-4-2-3-10(15)7-11)18-14(9-5-6-9)19-13(8)20-16/h2-4,7,9H,5-6,16H2,1H3,(H2,17,18,19,20). The van der Waals surface area contributed by atoms with Crippen molar-refractivity contribution in [3.63, 3.8) is 0 Å². The summed E-state index contributed by atoms with van der Waals surface area (Å²) in [5.74, 6) is 8.26. The maximum atomic E-state index is 6.00. The first-order valence-corrected chi connectivity index (χ1v) is 6.93. The van der Waals surface area contributed by atoms with Gasteiger partial charge in [-0.2, -0.15) is 0 Å². The van der Waals surface area contributed by atoms with Gasteiger partial charge in [-0.25, -0.2) is 15.8 Å². The molecule has 1 saturated carbocycles. The number of nitrogen functional groups attached to an aromatic ring is 1. The molecule has 1 aliphatic carbocycles. The van der Waals surface area contributed by atoms with E-state index in [-0.39, 0.29) is 0 Å². The highest BCUT2D eigenvalue weighted by molar-refractivity contribution is 6.30. The van der Waals surface area contributed by atoms with E-state index in [0.717, 1.165) is 35.7 Å². The third-order valence-electron chi connectivity index (χ3n) is 3.33. The summed E-state index contributed by atoms with van der Waals surface area (Å²) in [6, 6.07) is 7.53. The van der Waals surface area contributed by atoms with Gasteiger partial charge in [0.1, 0.15) is 17.5 Å². The highest BCUT2D eigenvalue weighted by Crippen LogP contribution is 2.39. The fourth-order valence-corrected chi connectivity index (χ4v) is 2.21. The number of hydrogen-bond acceptors (Lipinski definition) is 5. The Morgan fingerprint density at radius 1 is 1.25 bits per heavy atom. The van der Waals surface area contributed by atoms with Crippen LogP contribution in [0, 0.1) is 6.92 Å². The quantitative estimate of drug-likeness (QED) is 0.594. The first-order chi connectivity index (χ1) is 9.67. The minimum absolute atomic E-state index is 0.461. The van der Waals surface area contributed by atoms with Crippen molar-refractivity contribution in [2.75, 3.05) is 10.7 Å². The van der Waals surface area contributed by atoms with Gasteiger partial charge in [0.15, 0.2) is 0 Å². The molecule has 0 saturated heterocycles. The summed E-state index contributed by atoms with van der Waals surface area (Å²) in [4.78, 5) is 9.07. The first-order valence-electron chi connectivity index (χ1n) is 6.55. The number of rotatable bonds is 4. The molecule has 5 nitrogen and oxygen atoms in total. The van der Waals surface area contributed by atoms with E-state index in [1.807, 2.05) is 31.2 Å². The van der Waals surface area contributed by atoms with Crippen LogP contribution in [0.15, 0.2) is 24.3 Å². The molecular formula is C14H16ClN5. The van der Waals surface area contributed by atoms with Crippen molar-refractivity contribution in [3.05, 3.63) is 40.7 Å². The number of anilines is 3. The van der Waals surface area contributed by atoms with Gasteiger partial charge >= 0.3 is 0 Å². The summed E-state index contributed by atoms with van der Waals surface area (Å²) in [6.45, 7) is 1.93. The lowest BCUT2D eigenvalue weighted by Crippen LogP contribution is -2.13. The predicted molar refractivity (Wildman–Crippen MR) is 81.3 cm³/mol. The second kappa shape index (κ2) is 5.26. The molecule has 1 heterocycles. The van der Waals surface area contributed by atoms with E-state index in [9.17, 15) is 0 Å².